The van der Waals surface area contributed by atoms with E-state index < -0.39 is 0 Å². The molecule has 0 aliphatic carbocycles. The molecule has 0 aliphatic heterocycles. The molecule has 0 aromatic rings. The molecule has 0 spiro atoms. The average molecular weight is 135 g/mol. The molecule has 0 heterocycles. The molecular formula is C5H12PS+. The van der Waals surface area contributed by atoms with Crippen LogP contribution in [0.5, 0.6) is 0 Å². The second kappa shape index (κ2) is 6.52. The first-order chi connectivity index (χ1) is 3.41. The number of rotatable bonds is 4. The normalized spacial score (nSPS) is 9.86. The molecule has 0 N–H and O–H groups in total. The lowest BCUT2D eigenvalue weighted by Crippen LogP contribution is -1.71. The summed E-state index contributed by atoms with van der Waals surface area (Å²) in [6.45, 7) is 2.21. The van der Waals surface area contributed by atoms with Crippen molar-refractivity contribution >= 4 is 19.2 Å². The molecule has 0 aromatic carbocycles. The molecule has 0 radical (unpaired) electrons. The van der Waals surface area contributed by atoms with Crippen LogP contribution in [-0.4, -0.2) is 6.16 Å². The van der Waals surface area contributed by atoms with Gasteiger partial charge in [0.05, 0.1) is 0 Å². The first-order valence-corrected chi connectivity index (χ1v) is 5.10. The van der Waals surface area contributed by atoms with Crippen molar-refractivity contribution in [3.8, 4) is 0 Å². The Morgan fingerprint density at radius 3 is 2.57 bits per heavy atom. The zero-order valence-corrected chi connectivity index (χ0v) is 6.55. The Morgan fingerprint density at radius 2 is 2.14 bits per heavy atom. The highest BCUT2D eigenvalue weighted by atomic mass is 32.4. The lowest BCUT2D eigenvalue weighted by atomic mass is 10.3. The first kappa shape index (κ1) is 7.52. The Balaban J connectivity index is 2.56. The van der Waals surface area contributed by atoms with Gasteiger partial charge in [-0.2, -0.15) is 0 Å². The van der Waals surface area contributed by atoms with Crippen molar-refractivity contribution in [1.29, 1.82) is 0 Å². The molecule has 1 unspecified atom stereocenters. The van der Waals surface area contributed by atoms with Gasteiger partial charge in [-0.1, -0.05) is 13.3 Å². The maximum absolute atomic E-state index is 4.79. The SMILES string of the molecule is CCCCC[PH+]=S. The van der Waals surface area contributed by atoms with Crippen molar-refractivity contribution in [2.45, 2.75) is 26.2 Å². The highest BCUT2D eigenvalue weighted by Crippen LogP contribution is 2.00. The third-order valence-corrected chi connectivity index (χ3v) is 2.05. The van der Waals surface area contributed by atoms with Crippen molar-refractivity contribution in [3.05, 3.63) is 0 Å². The Hall–Kier alpha value is 0.520. The summed E-state index contributed by atoms with van der Waals surface area (Å²) in [5, 5.41) is 0. The van der Waals surface area contributed by atoms with Crippen LogP contribution in [0, 0.1) is 0 Å². The van der Waals surface area contributed by atoms with Crippen molar-refractivity contribution in [2.75, 3.05) is 6.16 Å². The first-order valence-electron chi connectivity index (χ1n) is 2.76. The number of unbranched alkanes of at least 4 members (excludes halogenated alkanes) is 2. The van der Waals surface area contributed by atoms with Gasteiger partial charge in [-0.15, -0.1) is 0 Å². The Kier molecular flexibility index (Phi) is 7.00. The summed E-state index contributed by atoms with van der Waals surface area (Å²) in [6, 6.07) is 0. The fourth-order valence-corrected chi connectivity index (χ4v) is 1.27. The summed E-state index contributed by atoms with van der Waals surface area (Å²) in [5.41, 5.74) is 0. The molecule has 0 saturated carbocycles. The molecule has 7 heavy (non-hydrogen) atoms. The van der Waals surface area contributed by atoms with Gasteiger partial charge in [0.15, 0.2) is 19.2 Å². The van der Waals surface area contributed by atoms with E-state index in [1.54, 1.807) is 0 Å². The summed E-state index contributed by atoms with van der Waals surface area (Å²) < 4.78 is 0. The second-order valence-electron chi connectivity index (χ2n) is 1.60. The molecule has 0 rings (SSSR count). The number of hydrogen-bond acceptors (Lipinski definition) is 1. The monoisotopic (exact) mass is 135 g/mol. The van der Waals surface area contributed by atoms with Gasteiger partial charge in [-0.25, -0.2) is 0 Å². The molecule has 0 saturated heterocycles. The van der Waals surface area contributed by atoms with Gasteiger partial charge in [0.2, 0.25) is 0 Å². The van der Waals surface area contributed by atoms with Gasteiger partial charge >= 0.3 is 0 Å². The molecule has 0 fully saturated rings. The quantitative estimate of drug-likeness (QED) is 0.421. The zero-order valence-electron chi connectivity index (χ0n) is 4.74. The summed E-state index contributed by atoms with van der Waals surface area (Å²) in [5.74, 6) is 0. The largest absolute Gasteiger partial charge is 0.160 e. The van der Waals surface area contributed by atoms with Gasteiger partial charge in [-0.3, -0.25) is 0 Å². The summed E-state index contributed by atoms with van der Waals surface area (Å²) in [4.78, 5) is 0. The van der Waals surface area contributed by atoms with Gasteiger partial charge in [0, 0.05) is 0 Å². The van der Waals surface area contributed by atoms with E-state index in [4.69, 9.17) is 11.8 Å². The Labute approximate surface area is 52.1 Å². The molecule has 0 amide bonds. The van der Waals surface area contributed by atoms with E-state index in [1.807, 2.05) is 0 Å². The van der Waals surface area contributed by atoms with Crippen LogP contribution in [0.2, 0.25) is 0 Å². The van der Waals surface area contributed by atoms with E-state index in [9.17, 15) is 0 Å². The van der Waals surface area contributed by atoms with E-state index in [0.717, 1.165) is 7.36 Å². The predicted octanol–water partition coefficient (Wildman–Crippen LogP) is 2.32. The van der Waals surface area contributed by atoms with E-state index in [-0.39, 0.29) is 0 Å². The van der Waals surface area contributed by atoms with Gasteiger partial charge < -0.3 is 0 Å². The van der Waals surface area contributed by atoms with Crippen molar-refractivity contribution < 1.29 is 0 Å². The van der Waals surface area contributed by atoms with Crippen molar-refractivity contribution in [1.82, 2.24) is 0 Å². The maximum atomic E-state index is 4.79. The second-order valence-corrected chi connectivity index (χ2v) is 3.26. The third-order valence-electron chi connectivity index (χ3n) is 0.882. The van der Waals surface area contributed by atoms with Crippen LogP contribution in [0.1, 0.15) is 26.2 Å². The topological polar surface area (TPSA) is 0 Å². The number of hydrogen-bond donors (Lipinski definition) is 0. The molecule has 42 valence electrons. The zero-order chi connectivity index (χ0) is 5.54. The van der Waals surface area contributed by atoms with Gasteiger partial charge in [-0.05, 0) is 12.8 Å². The van der Waals surface area contributed by atoms with Crippen LogP contribution in [0.3, 0.4) is 0 Å². The highest BCUT2D eigenvalue weighted by Gasteiger charge is 1.85. The van der Waals surface area contributed by atoms with Crippen LogP contribution in [0.25, 0.3) is 0 Å². The average Bonchev–Trinajstić information content (AvgIpc) is 1.69. The van der Waals surface area contributed by atoms with Gasteiger partial charge in [0.25, 0.3) is 0 Å². The summed E-state index contributed by atoms with van der Waals surface area (Å²) in [6.07, 6.45) is 5.30. The highest BCUT2D eigenvalue weighted by molar-refractivity contribution is 7.96. The van der Waals surface area contributed by atoms with E-state index in [0.29, 0.717) is 0 Å². The molecular weight excluding hydrogens is 123 g/mol. The van der Waals surface area contributed by atoms with Crippen LogP contribution in [0.4, 0.5) is 0 Å². The molecule has 0 nitrogen and oxygen atoms in total. The minimum atomic E-state index is 0.751. The Morgan fingerprint density at radius 1 is 1.43 bits per heavy atom. The van der Waals surface area contributed by atoms with Gasteiger partial charge in [0.1, 0.15) is 6.16 Å². The molecule has 0 aliphatic rings. The summed E-state index contributed by atoms with van der Waals surface area (Å²) in [7, 11) is 0.751. The standard InChI is InChI=1S/C5H11PS/c1-2-3-4-5-6-7/h2-5H2,1H3/p+1. The fraction of sp³-hybridized carbons (Fsp3) is 1.00. The lowest BCUT2D eigenvalue weighted by molar-refractivity contribution is 0.778. The molecule has 2 heteroatoms. The Bertz CT molecular complexity index is 45.3. The van der Waals surface area contributed by atoms with Crippen molar-refractivity contribution in [2.24, 2.45) is 0 Å². The van der Waals surface area contributed by atoms with Crippen LogP contribution < -0.4 is 0 Å². The maximum Gasteiger partial charge on any atom is 0.160 e. The minimum absolute atomic E-state index is 0.751. The van der Waals surface area contributed by atoms with E-state index in [1.165, 1.54) is 25.4 Å². The lowest BCUT2D eigenvalue weighted by Gasteiger charge is -1.82. The van der Waals surface area contributed by atoms with Crippen LogP contribution >= 0.6 is 7.36 Å². The smallest absolute Gasteiger partial charge is 0.0654 e. The van der Waals surface area contributed by atoms with Crippen molar-refractivity contribution in [3.63, 3.8) is 0 Å². The minimum Gasteiger partial charge on any atom is -0.0654 e. The predicted molar refractivity (Wildman–Crippen MR) is 40.1 cm³/mol. The van der Waals surface area contributed by atoms with E-state index >= 15 is 0 Å². The van der Waals surface area contributed by atoms with Crippen LogP contribution in [0.15, 0.2) is 0 Å². The van der Waals surface area contributed by atoms with Crippen LogP contribution in [-0.2, 0) is 11.8 Å². The molecule has 0 aromatic heterocycles. The summed E-state index contributed by atoms with van der Waals surface area (Å²) >= 11 is 4.79. The van der Waals surface area contributed by atoms with E-state index in [2.05, 4.69) is 6.92 Å². The molecule has 1 atom stereocenters. The fourth-order valence-electron chi connectivity index (χ4n) is 0.447. The third kappa shape index (κ3) is 6.52. The molecule has 0 bridgehead atoms.